The molecule has 240 valence electrons. The Balaban J connectivity index is 1.25. The van der Waals surface area contributed by atoms with E-state index >= 15 is 0 Å². The monoisotopic (exact) mass is 660 g/mol. The third kappa shape index (κ3) is 7.18. The van der Waals surface area contributed by atoms with Crippen molar-refractivity contribution in [2.24, 2.45) is 5.16 Å². The van der Waals surface area contributed by atoms with Crippen LogP contribution >= 0.6 is 23.3 Å². The number of carbonyl (C=O) groups excluding carboxylic acids is 2. The Hall–Kier alpha value is -4.29. The van der Waals surface area contributed by atoms with Crippen LogP contribution in [0.15, 0.2) is 41.0 Å². The number of β-lactam (4-membered cyclic amide) rings is 1. The zero-order valence-corrected chi connectivity index (χ0v) is 26.3. The zero-order chi connectivity index (χ0) is 32.3. The van der Waals surface area contributed by atoms with Crippen molar-refractivity contribution in [3.8, 4) is 0 Å². The Kier molecular flexibility index (Phi) is 9.54. The van der Waals surface area contributed by atoms with Gasteiger partial charge in [-0.1, -0.05) is 5.16 Å². The van der Waals surface area contributed by atoms with Crippen molar-refractivity contribution in [1.29, 1.82) is 0 Å². The number of hydrogen-bond acceptors (Lipinski definition) is 13. The van der Waals surface area contributed by atoms with Crippen LogP contribution in [0.1, 0.15) is 32.5 Å². The summed E-state index contributed by atoms with van der Waals surface area (Å²) in [4.78, 5) is 62.9. The Morgan fingerprint density at radius 3 is 2.56 bits per heavy atom. The highest BCUT2D eigenvalue weighted by molar-refractivity contribution is 8.00. The van der Waals surface area contributed by atoms with Crippen molar-refractivity contribution < 1.29 is 38.8 Å². The third-order valence-corrected chi connectivity index (χ3v) is 9.39. The summed E-state index contributed by atoms with van der Waals surface area (Å²) >= 11 is 2.10. The molecule has 16 nitrogen and oxygen atoms in total. The molecule has 0 spiro atoms. The van der Waals surface area contributed by atoms with E-state index < -0.39 is 46.5 Å². The number of amides is 2. The number of nitrogens with one attached hydrogen (secondary N) is 2. The number of rotatable bonds is 13. The molecule has 2 aromatic rings. The van der Waals surface area contributed by atoms with E-state index in [0.717, 1.165) is 43.4 Å². The third-order valence-electron chi connectivity index (χ3n) is 7.51. The highest BCUT2D eigenvalue weighted by Gasteiger charge is 2.55. The van der Waals surface area contributed by atoms with Crippen molar-refractivity contribution >= 4 is 63.6 Å². The number of nitrogen functional groups attached to an aromatic ring is 1. The second-order valence-corrected chi connectivity index (χ2v) is 13.0. The number of pyridine rings is 1. The molecule has 3 aliphatic heterocycles. The number of aromatic nitrogens is 3. The van der Waals surface area contributed by atoms with Crippen molar-refractivity contribution in [2.45, 2.75) is 50.3 Å². The quantitative estimate of drug-likeness (QED) is 0.0825. The molecule has 0 unspecified atom stereocenters. The van der Waals surface area contributed by atoms with Gasteiger partial charge in [-0.05, 0) is 39.8 Å². The van der Waals surface area contributed by atoms with E-state index in [0.29, 0.717) is 11.3 Å². The van der Waals surface area contributed by atoms with E-state index in [-0.39, 0.29) is 23.2 Å². The van der Waals surface area contributed by atoms with Crippen molar-refractivity contribution in [3.05, 3.63) is 41.6 Å². The number of oxime groups is 1. The van der Waals surface area contributed by atoms with E-state index in [1.807, 2.05) is 29.1 Å². The Bertz CT molecular complexity index is 1540. The number of thioether (sulfide) groups is 1. The van der Waals surface area contributed by atoms with Crippen molar-refractivity contribution in [3.63, 3.8) is 0 Å². The zero-order valence-electron chi connectivity index (χ0n) is 24.6. The van der Waals surface area contributed by atoms with E-state index in [4.69, 9.17) is 10.6 Å². The summed E-state index contributed by atoms with van der Waals surface area (Å²) in [7, 11) is 0. The molecule has 2 fully saturated rings. The molecule has 0 saturated carbocycles. The maximum Gasteiger partial charge on any atom is 0.352 e. The summed E-state index contributed by atoms with van der Waals surface area (Å²) in [5.74, 6) is -4.01. The molecule has 45 heavy (non-hydrogen) atoms. The van der Waals surface area contributed by atoms with E-state index in [1.165, 1.54) is 43.4 Å². The van der Waals surface area contributed by atoms with Gasteiger partial charge in [0.25, 0.3) is 11.8 Å². The minimum atomic E-state index is -1.78. The molecular weight excluding hydrogens is 626 g/mol. The summed E-state index contributed by atoms with van der Waals surface area (Å²) in [6.07, 6.45) is 6.21. The SMILES string of the molecule is CC(C)(O/N=C(\C(=O)N[C@@H]1C(=O)N2C(C(=O)O)=C(C[n+]3ccc(NCCN4CCCC4)cc3)CS[C@H]12)c1nsc(N)n1)C(=O)O. The van der Waals surface area contributed by atoms with E-state index in [9.17, 15) is 29.4 Å². The van der Waals surface area contributed by atoms with Gasteiger partial charge >= 0.3 is 11.9 Å². The number of nitrogens with two attached hydrogens (primary N) is 1. The molecule has 0 aliphatic carbocycles. The van der Waals surface area contributed by atoms with Gasteiger partial charge in [-0.3, -0.25) is 14.5 Å². The van der Waals surface area contributed by atoms with Crippen LogP contribution in [-0.4, -0.2) is 108 Å². The molecule has 18 heteroatoms. The van der Waals surface area contributed by atoms with Crippen LogP contribution in [0.25, 0.3) is 0 Å². The van der Waals surface area contributed by atoms with Crippen LogP contribution in [0.3, 0.4) is 0 Å². The van der Waals surface area contributed by atoms with Crippen LogP contribution < -0.4 is 20.9 Å². The molecule has 3 aliphatic rings. The fraction of sp³-hybridized carbons (Fsp3) is 0.481. The van der Waals surface area contributed by atoms with Gasteiger partial charge in [0.1, 0.15) is 17.1 Å². The van der Waals surface area contributed by atoms with Crippen LogP contribution in [0.5, 0.6) is 0 Å². The largest absolute Gasteiger partial charge is 0.478 e. The average molecular weight is 661 g/mol. The number of carboxylic acid groups (broad SMARTS) is 2. The first-order chi connectivity index (χ1) is 21.4. The molecule has 2 aromatic heterocycles. The summed E-state index contributed by atoms with van der Waals surface area (Å²) in [5, 5.41) is 28.4. The van der Waals surface area contributed by atoms with Crippen LogP contribution in [0.2, 0.25) is 0 Å². The fourth-order valence-electron chi connectivity index (χ4n) is 4.99. The van der Waals surface area contributed by atoms with E-state index in [1.54, 1.807) is 0 Å². The second kappa shape index (κ2) is 13.4. The maximum absolute atomic E-state index is 13.2. The number of carboxylic acids is 2. The maximum atomic E-state index is 13.2. The molecular formula is C27H34N9O7S2+. The lowest BCUT2D eigenvalue weighted by molar-refractivity contribution is -0.688. The summed E-state index contributed by atoms with van der Waals surface area (Å²) in [5.41, 5.74) is 4.77. The number of nitrogens with zero attached hydrogens (tertiary/aromatic N) is 6. The highest BCUT2D eigenvalue weighted by Crippen LogP contribution is 2.40. The fourth-order valence-corrected chi connectivity index (χ4v) is 6.76. The molecule has 2 atom stereocenters. The minimum absolute atomic E-state index is 0.0294. The minimum Gasteiger partial charge on any atom is -0.478 e. The Labute approximate surface area is 266 Å². The molecule has 0 aromatic carbocycles. The number of likely N-dealkylation sites (tertiary alicyclic amines) is 1. The summed E-state index contributed by atoms with van der Waals surface area (Å²) in [6, 6.07) is 2.77. The lowest BCUT2D eigenvalue weighted by Crippen LogP contribution is -2.71. The molecule has 2 saturated heterocycles. The predicted molar refractivity (Wildman–Crippen MR) is 164 cm³/mol. The van der Waals surface area contributed by atoms with Gasteiger partial charge in [-0.2, -0.15) is 9.36 Å². The first-order valence-corrected chi connectivity index (χ1v) is 16.0. The molecule has 0 radical (unpaired) electrons. The topological polar surface area (TPSA) is 217 Å². The molecule has 6 N–H and O–H groups in total. The summed E-state index contributed by atoms with van der Waals surface area (Å²) < 4.78 is 5.80. The number of anilines is 2. The Morgan fingerprint density at radius 1 is 1.22 bits per heavy atom. The molecule has 0 bridgehead atoms. The lowest BCUT2D eigenvalue weighted by atomic mass is 10.0. The standard InChI is InChI=1S/C27H33N9O7S2/c1-27(2,25(41)42)43-32-17(20-31-26(28)45-33-20)21(37)30-18-22(38)36-19(24(39)40)15(14-44-23(18)36)13-35-10-5-16(6-11-35)29-7-12-34-8-3-4-9-34/h5-6,10-11,18,23H,3-4,7-9,12-14H2,1-2H3,(H5,28,30,31,33,37,39,40,41,42)/p+1/b32-17-/t18-,23-/m1/s1. The Morgan fingerprint density at radius 2 is 1.93 bits per heavy atom. The number of fused-ring (bicyclic) bond motifs is 1. The van der Waals surface area contributed by atoms with E-state index in [2.05, 4.69) is 30.0 Å². The van der Waals surface area contributed by atoms with Gasteiger partial charge in [-0.25, -0.2) is 14.2 Å². The van der Waals surface area contributed by atoms with Crippen LogP contribution in [0.4, 0.5) is 10.8 Å². The van der Waals surface area contributed by atoms with Crippen LogP contribution in [-0.2, 0) is 30.6 Å². The molecule has 5 rings (SSSR count). The van der Waals surface area contributed by atoms with Gasteiger partial charge < -0.3 is 36.3 Å². The van der Waals surface area contributed by atoms with Crippen molar-refractivity contribution in [2.75, 3.05) is 43.0 Å². The molecule has 5 heterocycles. The number of carbonyl (C=O) groups is 4. The van der Waals surface area contributed by atoms with Gasteiger partial charge in [0, 0.05) is 53.8 Å². The normalized spacial score (nSPS) is 20.4. The highest BCUT2D eigenvalue weighted by atomic mass is 32.2. The smallest absolute Gasteiger partial charge is 0.352 e. The molecule has 2 amide bonds. The number of aliphatic carboxylic acids is 2. The van der Waals surface area contributed by atoms with Gasteiger partial charge in [0.05, 0.1) is 0 Å². The lowest BCUT2D eigenvalue weighted by Gasteiger charge is -2.49. The van der Waals surface area contributed by atoms with Crippen molar-refractivity contribution in [1.82, 2.24) is 24.5 Å². The number of hydrogen-bond donors (Lipinski definition) is 5. The first-order valence-electron chi connectivity index (χ1n) is 14.2. The average Bonchev–Trinajstić information content (AvgIpc) is 3.68. The predicted octanol–water partition coefficient (Wildman–Crippen LogP) is -0.0618. The van der Waals surface area contributed by atoms with Crippen LogP contribution in [0, 0.1) is 0 Å². The second-order valence-electron chi connectivity index (χ2n) is 11.2. The van der Waals surface area contributed by atoms with Gasteiger partial charge in [-0.15, -0.1) is 11.8 Å². The first kappa shape index (κ1) is 32.1. The van der Waals surface area contributed by atoms with Gasteiger partial charge in [0.15, 0.2) is 24.1 Å². The summed E-state index contributed by atoms with van der Waals surface area (Å²) in [6.45, 7) is 6.83. The van der Waals surface area contributed by atoms with Gasteiger partial charge in [0.2, 0.25) is 17.1 Å².